The Morgan fingerprint density at radius 3 is 2.61 bits per heavy atom. The minimum Gasteiger partial charge on any atom is -0.445 e. The van der Waals surface area contributed by atoms with Crippen molar-refractivity contribution in [1.82, 2.24) is 15.6 Å². The summed E-state index contributed by atoms with van der Waals surface area (Å²) in [5.41, 5.74) is 4.43. The first-order valence-corrected chi connectivity index (χ1v) is 12.4. The summed E-state index contributed by atoms with van der Waals surface area (Å²) in [6.07, 6.45) is 2.16. The third-order valence-corrected chi connectivity index (χ3v) is 7.03. The number of nitrogens with one attached hydrogen (secondary N) is 2. The van der Waals surface area contributed by atoms with Crippen molar-refractivity contribution in [2.75, 3.05) is 18.0 Å². The van der Waals surface area contributed by atoms with Crippen LogP contribution in [0.2, 0.25) is 0 Å². The van der Waals surface area contributed by atoms with Gasteiger partial charge in [-0.25, -0.2) is 4.79 Å². The Morgan fingerprint density at radius 1 is 1.08 bits per heavy atom. The molecular weight excluding hydrogens is 456 g/mol. The van der Waals surface area contributed by atoms with E-state index in [9.17, 15) is 14.4 Å². The van der Waals surface area contributed by atoms with Crippen LogP contribution in [0.15, 0.2) is 54.6 Å². The summed E-state index contributed by atoms with van der Waals surface area (Å²) in [6, 6.07) is 18.1. The average Bonchev–Trinajstić information content (AvgIpc) is 2.88. The van der Waals surface area contributed by atoms with E-state index < -0.39 is 6.09 Å². The normalized spacial score (nSPS) is 18.7. The van der Waals surface area contributed by atoms with Gasteiger partial charge in [0.25, 0.3) is 0 Å². The van der Waals surface area contributed by atoms with Gasteiger partial charge in [0.2, 0.25) is 11.8 Å². The third-order valence-electron chi connectivity index (χ3n) is 7.03. The number of anilines is 1. The highest BCUT2D eigenvalue weighted by Gasteiger charge is 2.29. The first kappa shape index (κ1) is 23.8. The van der Waals surface area contributed by atoms with Crippen molar-refractivity contribution in [3.63, 3.8) is 0 Å². The molecule has 3 amide bonds. The largest absolute Gasteiger partial charge is 0.445 e. The molecule has 0 bridgehead atoms. The summed E-state index contributed by atoms with van der Waals surface area (Å²) in [7, 11) is 0. The Kier molecular flexibility index (Phi) is 6.84. The number of hydrogen-bond donors (Lipinski definition) is 2. The fraction of sp³-hybridized carbons (Fsp3) is 0.357. The van der Waals surface area contributed by atoms with Crippen LogP contribution in [0.4, 0.5) is 10.5 Å². The number of aryl methyl sites for hydroxylation is 1. The lowest BCUT2D eigenvalue weighted by molar-refractivity contribution is -0.134. The van der Waals surface area contributed by atoms with Crippen LogP contribution in [0.25, 0.3) is 10.9 Å². The molecule has 2 aliphatic heterocycles. The first-order chi connectivity index (χ1) is 17.5. The Hall–Kier alpha value is -3.94. The molecule has 5 rings (SSSR count). The van der Waals surface area contributed by atoms with Crippen LogP contribution in [0.1, 0.15) is 48.4 Å². The number of benzene rings is 2. The Morgan fingerprint density at radius 2 is 1.86 bits per heavy atom. The van der Waals surface area contributed by atoms with Crippen LogP contribution >= 0.6 is 0 Å². The van der Waals surface area contributed by atoms with Crippen LogP contribution < -0.4 is 15.5 Å². The number of nitrogens with zero attached hydrogens (tertiary/aromatic N) is 2. The second-order valence-corrected chi connectivity index (χ2v) is 9.51. The van der Waals surface area contributed by atoms with Gasteiger partial charge in [0.05, 0.1) is 11.4 Å². The van der Waals surface area contributed by atoms with E-state index in [0.29, 0.717) is 12.8 Å². The van der Waals surface area contributed by atoms with Crippen molar-refractivity contribution in [1.29, 1.82) is 0 Å². The molecular formula is C28H30N4O4. The van der Waals surface area contributed by atoms with E-state index >= 15 is 0 Å². The van der Waals surface area contributed by atoms with Crippen LogP contribution in [0.5, 0.6) is 0 Å². The second-order valence-electron chi connectivity index (χ2n) is 9.51. The topological polar surface area (TPSA) is 101 Å². The Bertz CT molecular complexity index is 1290. The minimum absolute atomic E-state index is 0.101. The zero-order chi connectivity index (χ0) is 25.1. The smallest absolute Gasteiger partial charge is 0.407 e. The second kappa shape index (κ2) is 10.4. The number of alkyl carbamates (subject to hydrolysis) is 1. The maximum atomic E-state index is 12.4. The molecule has 36 heavy (non-hydrogen) atoms. The van der Waals surface area contributed by atoms with Crippen molar-refractivity contribution in [2.24, 2.45) is 0 Å². The maximum Gasteiger partial charge on any atom is 0.407 e. The van der Waals surface area contributed by atoms with Crippen LogP contribution in [-0.2, 0) is 20.9 Å². The van der Waals surface area contributed by atoms with Gasteiger partial charge in [-0.1, -0.05) is 30.3 Å². The summed E-state index contributed by atoms with van der Waals surface area (Å²) in [5.74, 6) is -0.864. The molecule has 0 spiro atoms. The SMILES string of the molecule is Cc1nc2cc(COC(=O)NC3CCN(c4ccccc4)CC3)ccc2cc1C1CCC(=O)NC1=O. The summed E-state index contributed by atoms with van der Waals surface area (Å²) in [4.78, 5) is 43.2. The lowest BCUT2D eigenvalue weighted by Crippen LogP contribution is -2.44. The van der Waals surface area contributed by atoms with Crippen molar-refractivity contribution < 1.29 is 19.1 Å². The quantitative estimate of drug-likeness (QED) is 0.530. The van der Waals surface area contributed by atoms with Crippen LogP contribution in [-0.4, -0.2) is 42.0 Å². The summed E-state index contributed by atoms with van der Waals surface area (Å²) < 4.78 is 5.49. The van der Waals surface area contributed by atoms with Crippen molar-refractivity contribution >= 4 is 34.5 Å². The molecule has 2 aromatic carbocycles. The number of imide groups is 1. The standard InChI is InChI=1S/C28H30N4O4/c1-18-24(23-9-10-26(33)31-27(23)34)16-20-8-7-19(15-25(20)29-18)17-36-28(35)30-21-11-13-32(14-12-21)22-5-3-2-4-6-22/h2-8,15-16,21,23H,9-14,17H2,1H3,(H,30,35)(H,31,33,34). The van der Waals surface area contributed by atoms with Gasteiger partial charge in [-0.3, -0.25) is 19.9 Å². The summed E-state index contributed by atoms with van der Waals surface area (Å²) in [5, 5.41) is 6.31. The summed E-state index contributed by atoms with van der Waals surface area (Å²) >= 11 is 0. The predicted molar refractivity (Wildman–Crippen MR) is 137 cm³/mol. The zero-order valence-corrected chi connectivity index (χ0v) is 20.3. The monoisotopic (exact) mass is 486 g/mol. The van der Waals surface area contributed by atoms with Gasteiger partial charge in [0, 0.05) is 42.3 Å². The van der Waals surface area contributed by atoms with Gasteiger partial charge in [-0.2, -0.15) is 0 Å². The number of ether oxygens (including phenoxy) is 1. The van der Waals surface area contributed by atoms with Crippen LogP contribution in [0.3, 0.4) is 0 Å². The van der Waals surface area contributed by atoms with E-state index in [1.165, 1.54) is 5.69 Å². The molecule has 1 atom stereocenters. The van der Waals surface area contributed by atoms with Gasteiger partial charge in [-0.05, 0) is 61.6 Å². The molecule has 0 saturated carbocycles. The van der Waals surface area contributed by atoms with E-state index in [2.05, 4.69) is 27.7 Å². The molecule has 1 aromatic heterocycles. The molecule has 1 unspecified atom stereocenters. The molecule has 0 radical (unpaired) electrons. The molecule has 2 N–H and O–H groups in total. The molecule has 186 valence electrons. The third kappa shape index (κ3) is 5.32. The van der Waals surface area contributed by atoms with Gasteiger partial charge >= 0.3 is 6.09 Å². The van der Waals surface area contributed by atoms with E-state index in [1.807, 2.05) is 49.4 Å². The molecule has 2 fully saturated rings. The molecule has 8 nitrogen and oxygen atoms in total. The molecule has 3 heterocycles. The number of fused-ring (bicyclic) bond motifs is 1. The lowest BCUT2D eigenvalue weighted by Gasteiger charge is -2.33. The van der Waals surface area contributed by atoms with Crippen molar-refractivity contribution in [3.05, 3.63) is 71.4 Å². The molecule has 2 aliphatic rings. The number of aromatic nitrogens is 1. The Balaban J connectivity index is 1.16. The van der Waals surface area contributed by atoms with Crippen molar-refractivity contribution in [3.8, 4) is 0 Å². The highest BCUT2D eigenvalue weighted by atomic mass is 16.5. The zero-order valence-electron chi connectivity index (χ0n) is 20.3. The highest BCUT2D eigenvalue weighted by Crippen LogP contribution is 2.29. The van der Waals surface area contributed by atoms with Gasteiger partial charge < -0.3 is 15.0 Å². The van der Waals surface area contributed by atoms with Gasteiger partial charge in [0.15, 0.2) is 0 Å². The Labute approximate surface area is 210 Å². The average molecular weight is 487 g/mol. The van der Waals surface area contributed by atoms with E-state index in [0.717, 1.165) is 53.7 Å². The van der Waals surface area contributed by atoms with E-state index in [1.54, 1.807) is 0 Å². The van der Waals surface area contributed by atoms with Gasteiger partial charge in [0.1, 0.15) is 6.61 Å². The number of carbonyl (C=O) groups excluding carboxylic acids is 3. The molecule has 8 heteroatoms. The lowest BCUT2D eigenvalue weighted by atomic mass is 9.89. The number of carbonyl (C=O) groups is 3. The molecule has 0 aliphatic carbocycles. The fourth-order valence-corrected chi connectivity index (χ4v) is 5.04. The number of amides is 3. The molecule has 2 saturated heterocycles. The predicted octanol–water partition coefficient (Wildman–Crippen LogP) is 3.96. The molecule has 3 aromatic rings. The number of pyridine rings is 1. The number of para-hydroxylation sites is 1. The van der Waals surface area contributed by atoms with Gasteiger partial charge in [-0.15, -0.1) is 0 Å². The summed E-state index contributed by atoms with van der Waals surface area (Å²) in [6.45, 7) is 3.81. The number of piperidine rings is 2. The first-order valence-electron chi connectivity index (χ1n) is 12.4. The van der Waals surface area contributed by atoms with Crippen molar-refractivity contribution in [2.45, 2.75) is 51.2 Å². The number of rotatable bonds is 5. The maximum absolute atomic E-state index is 12.4. The van der Waals surface area contributed by atoms with Crippen LogP contribution in [0, 0.1) is 6.92 Å². The van der Waals surface area contributed by atoms with E-state index in [4.69, 9.17) is 9.72 Å². The highest BCUT2D eigenvalue weighted by molar-refractivity contribution is 6.01. The minimum atomic E-state index is -0.411. The van der Waals surface area contributed by atoms with E-state index in [-0.39, 0.29) is 30.4 Å². The number of hydrogen-bond acceptors (Lipinski definition) is 6. The fourth-order valence-electron chi connectivity index (χ4n) is 5.04.